The van der Waals surface area contributed by atoms with Crippen LogP contribution in [0.25, 0.3) is 0 Å². The molecule has 1 aliphatic rings. The van der Waals surface area contributed by atoms with Crippen molar-refractivity contribution in [3.63, 3.8) is 0 Å². The number of hydrogen-bond donors (Lipinski definition) is 0. The van der Waals surface area contributed by atoms with E-state index in [1.54, 1.807) is 0 Å². The molecular formula is C12H13PSe. The van der Waals surface area contributed by atoms with Crippen LogP contribution < -0.4 is 5.30 Å². The van der Waals surface area contributed by atoms with E-state index >= 15 is 0 Å². The van der Waals surface area contributed by atoms with Gasteiger partial charge in [-0.2, -0.15) is 0 Å². The molecule has 1 aromatic carbocycles. The van der Waals surface area contributed by atoms with Crippen LogP contribution >= 0.6 is 5.51 Å². The van der Waals surface area contributed by atoms with Crippen molar-refractivity contribution >= 4 is 25.9 Å². The average molecular weight is 267 g/mol. The normalized spacial score (nSPS) is 19.0. The Balaban J connectivity index is 2.53. The third-order valence-electron chi connectivity index (χ3n) is 2.55. The molecule has 1 aromatic rings. The quantitative estimate of drug-likeness (QED) is 0.541. The first-order chi connectivity index (χ1) is 6.62. The molecule has 0 fully saturated rings. The van der Waals surface area contributed by atoms with E-state index in [1.165, 1.54) is 16.5 Å². The molecule has 0 spiro atoms. The molecule has 0 saturated carbocycles. The zero-order valence-electron chi connectivity index (χ0n) is 8.40. The number of rotatable bonds is 1. The van der Waals surface area contributed by atoms with Gasteiger partial charge < -0.3 is 0 Å². The van der Waals surface area contributed by atoms with Crippen LogP contribution in [0.3, 0.4) is 0 Å². The first-order valence-electron chi connectivity index (χ1n) is 4.66. The van der Waals surface area contributed by atoms with Gasteiger partial charge in [0, 0.05) is 0 Å². The fourth-order valence-corrected chi connectivity index (χ4v) is 6.95. The van der Waals surface area contributed by atoms with Crippen molar-refractivity contribution in [3.05, 3.63) is 53.1 Å². The Kier molecular flexibility index (Phi) is 2.66. The van der Waals surface area contributed by atoms with E-state index < -0.39 is 5.51 Å². The van der Waals surface area contributed by atoms with Gasteiger partial charge in [-0.1, -0.05) is 0 Å². The molecule has 0 aliphatic carbocycles. The van der Waals surface area contributed by atoms with Crippen molar-refractivity contribution in [1.29, 1.82) is 0 Å². The van der Waals surface area contributed by atoms with E-state index in [2.05, 4.69) is 70.9 Å². The molecule has 2 rings (SSSR count). The van der Waals surface area contributed by atoms with E-state index in [9.17, 15) is 0 Å². The summed E-state index contributed by atoms with van der Waals surface area (Å²) in [5, 5.41) is 1.43. The van der Waals surface area contributed by atoms with Gasteiger partial charge in [0.15, 0.2) is 0 Å². The third kappa shape index (κ3) is 1.73. The van der Waals surface area contributed by atoms with Gasteiger partial charge >= 0.3 is 92.9 Å². The molecule has 0 amide bonds. The number of allylic oxidation sites excluding steroid dienone is 2. The topological polar surface area (TPSA) is 0 Å². The van der Waals surface area contributed by atoms with Gasteiger partial charge in [0.05, 0.1) is 0 Å². The summed E-state index contributed by atoms with van der Waals surface area (Å²) in [5.41, 5.74) is 1.60. The van der Waals surface area contributed by atoms with Crippen molar-refractivity contribution in [2.45, 2.75) is 13.8 Å². The molecule has 14 heavy (non-hydrogen) atoms. The summed E-state index contributed by atoms with van der Waals surface area (Å²) in [5.74, 6) is 4.80. The van der Waals surface area contributed by atoms with E-state index in [0.29, 0.717) is 0 Å². The molecule has 0 nitrogen and oxygen atoms in total. The Labute approximate surface area is 92.9 Å². The van der Waals surface area contributed by atoms with Gasteiger partial charge in [-0.3, -0.25) is 0 Å². The van der Waals surface area contributed by atoms with E-state index in [0.717, 1.165) is 0 Å². The summed E-state index contributed by atoms with van der Waals surface area (Å²) in [6.07, 6.45) is 0. The molecule has 1 heterocycles. The Morgan fingerprint density at radius 2 is 1.43 bits per heavy atom. The van der Waals surface area contributed by atoms with Gasteiger partial charge in [-0.15, -0.1) is 0 Å². The molecule has 72 valence electrons. The fraction of sp³-hybridized carbons (Fsp3) is 0.167. The minimum absolute atomic E-state index is 1.23. The van der Waals surface area contributed by atoms with Crippen LogP contribution in [0, 0.1) is 0 Å². The number of benzene rings is 1. The Morgan fingerprint density at radius 3 is 1.93 bits per heavy atom. The summed E-state index contributed by atoms with van der Waals surface area (Å²) in [7, 11) is 0. The van der Waals surface area contributed by atoms with Crippen molar-refractivity contribution < 1.29 is 0 Å². The standard InChI is InChI=1S/C12H13PSe/c1-10-8-13(14,9-11(10)2)12-6-4-3-5-7-12/h3-9H,1-2H3. The van der Waals surface area contributed by atoms with Gasteiger partial charge in [-0.05, 0) is 0 Å². The summed E-state index contributed by atoms with van der Waals surface area (Å²) in [6.45, 7) is 4.38. The number of hydrogen-bond acceptors (Lipinski definition) is 0. The zero-order valence-corrected chi connectivity index (χ0v) is 11.0. The SMILES string of the molecule is CC1=CP(=[Se])(c2ccccc2)C=C1C. The molecule has 0 aromatic heterocycles. The molecule has 0 radical (unpaired) electrons. The monoisotopic (exact) mass is 268 g/mol. The van der Waals surface area contributed by atoms with E-state index in [4.69, 9.17) is 0 Å². The summed E-state index contributed by atoms with van der Waals surface area (Å²) < 4.78 is 0. The van der Waals surface area contributed by atoms with Crippen molar-refractivity contribution in [1.82, 2.24) is 0 Å². The van der Waals surface area contributed by atoms with Crippen LogP contribution in [0.1, 0.15) is 13.8 Å². The maximum atomic E-state index is 3.39. The van der Waals surface area contributed by atoms with Gasteiger partial charge in [-0.25, -0.2) is 0 Å². The maximum absolute atomic E-state index is 3.39. The predicted octanol–water partition coefficient (Wildman–Crippen LogP) is 3.23. The molecule has 0 bridgehead atoms. The van der Waals surface area contributed by atoms with E-state index in [1.807, 2.05) is 0 Å². The molecule has 1 aliphatic heterocycles. The Hall–Kier alpha value is -0.351. The van der Waals surface area contributed by atoms with Crippen molar-refractivity contribution in [3.8, 4) is 0 Å². The first kappa shape index (κ1) is 10.2. The second-order valence-corrected chi connectivity index (χ2v) is 9.92. The van der Waals surface area contributed by atoms with Gasteiger partial charge in [0.25, 0.3) is 0 Å². The molecule has 0 unspecified atom stereocenters. The van der Waals surface area contributed by atoms with E-state index in [-0.39, 0.29) is 0 Å². The Bertz CT molecular complexity index is 432. The van der Waals surface area contributed by atoms with Crippen molar-refractivity contribution in [2.24, 2.45) is 0 Å². The van der Waals surface area contributed by atoms with Crippen molar-refractivity contribution in [2.75, 3.05) is 0 Å². The van der Waals surface area contributed by atoms with Crippen LogP contribution in [-0.2, 0) is 0 Å². The molecule has 0 saturated heterocycles. The van der Waals surface area contributed by atoms with Gasteiger partial charge in [0.1, 0.15) is 0 Å². The second kappa shape index (κ2) is 3.66. The second-order valence-electron chi connectivity index (χ2n) is 3.67. The first-order valence-corrected chi connectivity index (χ1v) is 8.80. The predicted molar refractivity (Wildman–Crippen MR) is 66.3 cm³/mol. The summed E-state index contributed by atoms with van der Waals surface area (Å²) in [4.78, 5) is 0. The molecule has 0 N–H and O–H groups in total. The van der Waals surface area contributed by atoms with Crippen LogP contribution in [0.5, 0.6) is 0 Å². The van der Waals surface area contributed by atoms with Crippen LogP contribution in [0.2, 0.25) is 0 Å². The van der Waals surface area contributed by atoms with Crippen LogP contribution in [0.15, 0.2) is 53.1 Å². The fourth-order valence-electron chi connectivity index (χ4n) is 1.63. The zero-order chi connectivity index (χ0) is 10.2. The van der Waals surface area contributed by atoms with Gasteiger partial charge in [0.2, 0.25) is 0 Å². The third-order valence-corrected chi connectivity index (χ3v) is 7.85. The minimum atomic E-state index is -1.23. The molecule has 0 atom stereocenters. The summed E-state index contributed by atoms with van der Waals surface area (Å²) >= 11 is 3.39. The summed E-state index contributed by atoms with van der Waals surface area (Å²) in [6, 6.07) is 10.7. The van der Waals surface area contributed by atoms with Crippen LogP contribution in [-0.4, -0.2) is 15.1 Å². The van der Waals surface area contributed by atoms with Crippen LogP contribution in [0.4, 0.5) is 0 Å². The average Bonchev–Trinajstić information content (AvgIpc) is 2.44. The molecular weight excluding hydrogens is 254 g/mol. The molecule has 2 heteroatoms. The Morgan fingerprint density at radius 1 is 0.929 bits per heavy atom.